The number of aromatic nitrogens is 2. The summed E-state index contributed by atoms with van der Waals surface area (Å²) < 4.78 is 24.4. The molecule has 4 nitrogen and oxygen atoms in total. The van der Waals surface area contributed by atoms with Crippen LogP contribution >= 0.6 is 11.6 Å². The van der Waals surface area contributed by atoms with Crippen LogP contribution in [0.1, 0.15) is 18.2 Å². The van der Waals surface area contributed by atoms with Gasteiger partial charge in [0.15, 0.2) is 9.84 Å². The van der Waals surface area contributed by atoms with E-state index in [1.165, 1.54) is 0 Å². The van der Waals surface area contributed by atoms with Gasteiger partial charge in [0.1, 0.15) is 0 Å². The highest BCUT2D eigenvalue weighted by Gasteiger charge is 2.29. The van der Waals surface area contributed by atoms with Crippen LogP contribution in [0.5, 0.6) is 0 Å². The van der Waals surface area contributed by atoms with Crippen LogP contribution in [0.15, 0.2) is 12.5 Å². The fraction of sp³-hybridized carbons (Fsp3) is 0.625. The summed E-state index contributed by atoms with van der Waals surface area (Å²) in [6, 6.07) is 0.0243. The summed E-state index contributed by atoms with van der Waals surface area (Å²) >= 11 is 5.71. The molecular weight excluding hydrogens is 224 g/mol. The van der Waals surface area contributed by atoms with Crippen molar-refractivity contribution in [2.45, 2.75) is 18.3 Å². The second kappa shape index (κ2) is 3.55. The molecule has 1 aromatic heterocycles. The smallest absolute Gasteiger partial charge is 0.152 e. The van der Waals surface area contributed by atoms with Crippen LogP contribution in [0.25, 0.3) is 0 Å². The fourth-order valence-electron chi connectivity index (χ4n) is 1.76. The molecule has 0 aliphatic carbocycles. The highest BCUT2D eigenvalue weighted by molar-refractivity contribution is 7.91. The predicted octanol–water partition coefficient (Wildman–Crippen LogP) is 0.982. The standard InChI is InChI=1S/C8H11ClN2O2S/c9-3-8-4-10-6-11(8)7-1-2-14(12,13)5-7/h4,6-7H,1-3,5H2. The minimum Gasteiger partial charge on any atom is -0.329 e. The number of sulfone groups is 1. The Morgan fingerprint density at radius 1 is 1.64 bits per heavy atom. The lowest BCUT2D eigenvalue weighted by atomic mass is 10.2. The molecule has 0 saturated carbocycles. The molecule has 2 heterocycles. The highest BCUT2D eigenvalue weighted by Crippen LogP contribution is 2.25. The third-order valence-electron chi connectivity index (χ3n) is 2.48. The Hall–Kier alpha value is -0.550. The van der Waals surface area contributed by atoms with Crippen molar-refractivity contribution in [2.24, 2.45) is 0 Å². The summed E-state index contributed by atoms with van der Waals surface area (Å²) in [7, 11) is -2.84. The largest absolute Gasteiger partial charge is 0.329 e. The molecule has 0 N–H and O–H groups in total. The van der Waals surface area contributed by atoms with Crippen molar-refractivity contribution in [3.05, 3.63) is 18.2 Å². The molecule has 0 aromatic carbocycles. The highest BCUT2D eigenvalue weighted by atomic mass is 35.5. The van der Waals surface area contributed by atoms with Crippen LogP contribution in [0.2, 0.25) is 0 Å². The molecule has 0 bridgehead atoms. The number of imidazole rings is 1. The van der Waals surface area contributed by atoms with Gasteiger partial charge in [-0.2, -0.15) is 0 Å². The summed E-state index contributed by atoms with van der Waals surface area (Å²) in [5, 5.41) is 0. The van der Waals surface area contributed by atoms with Crippen molar-refractivity contribution in [1.82, 2.24) is 9.55 Å². The predicted molar refractivity (Wildman–Crippen MR) is 54.1 cm³/mol. The van der Waals surface area contributed by atoms with Crippen LogP contribution in [-0.2, 0) is 15.7 Å². The lowest BCUT2D eigenvalue weighted by molar-refractivity contribution is 0.542. The van der Waals surface area contributed by atoms with Gasteiger partial charge in [-0.1, -0.05) is 0 Å². The number of hydrogen-bond donors (Lipinski definition) is 0. The zero-order chi connectivity index (χ0) is 10.2. The fourth-order valence-corrected chi connectivity index (χ4v) is 3.68. The molecular formula is C8H11ClN2O2S. The number of rotatable bonds is 2. The maximum absolute atomic E-state index is 11.3. The van der Waals surface area contributed by atoms with Gasteiger partial charge in [-0.3, -0.25) is 0 Å². The summed E-state index contributed by atoms with van der Waals surface area (Å²) in [5.74, 6) is 0.862. The molecule has 0 amide bonds. The first-order valence-electron chi connectivity index (χ1n) is 4.39. The Morgan fingerprint density at radius 3 is 3.00 bits per heavy atom. The van der Waals surface area contributed by atoms with E-state index in [4.69, 9.17) is 11.6 Å². The van der Waals surface area contributed by atoms with Gasteiger partial charge < -0.3 is 4.57 Å². The number of alkyl halides is 1. The van der Waals surface area contributed by atoms with Crippen LogP contribution in [0, 0.1) is 0 Å². The molecule has 0 radical (unpaired) electrons. The Balaban J connectivity index is 2.25. The van der Waals surface area contributed by atoms with E-state index in [1.54, 1.807) is 12.5 Å². The van der Waals surface area contributed by atoms with E-state index in [9.17, 15) is 8.42 Å². The molecule has 0 spiro atoms. The quantitative estimate of drug-likeness (QED) is 0.717. The summed E-state index contributed by atoms with van der Waals surface area (Å²) in [4.78, 5) is 3.97. The Morgan fingerprint density at radius 2 is 2.43 bits per heavy atom. The molecule has 6 heteroatoms. The molecule has 1 saturated heterocycles. The van der Waals surface area contributed by atoms with Crippen molar-refractivity contribution in [1.29, 1.82) is 0 Å². The first kappa shape index (κ1) is 9.98. The van der Waals surface area contributed by atoms with E-state index in [2.05, 4.69) is 4.98 Å². The molecule has 1 atom stereocenters. The Labute approximate surface area is 87.8 Å². The van der Waals surface area contributed by atoms with Crippen molar-refractivity contribution in [3.8, 4) is 0 Å². The van der Waals surface area contributed by atoms with Gasteiger partial charge in [0, 0.05) is 12.2 Å². The molecule has 2 rings (SSSR count). The first-order valence-corrected chi connectivity index (χ1v) is 6.75. The van der Waals surface area contributed by atoms with Crippen LogP contribution < -0.4 is 0 Å². The molecule has 14 heavy (non-hydrogen) atoms. The van der Waals surface area contributed by atoms with Crippen LogP contribution in [-0.4, -0.2) is 29.5 Å². The Kier molecular flexibility index (Phi) is 2.53. The summed E-state index contributed by atoms with van der Waals surface area (Å²) in [6.07, 6.45) is 4.00. The van der Waals surface area contributed by atoms with Crippen LogP contribution in [0.4, 0.5) is 0 Å². The average molecular weight is 235 g/mol. The number of halogens is 1. The minimum absolute atomic E-state index is 0.0243. The van der Waals surface area contributed by atoms with E-state index >= 15 is 0 Å². The van der Waals surface area contributed by atoms with E-state index in [0.29, 0.717) is 12.3 Å². The van der Waals surface area contributed by atoms with Crippen molar-refractivity contribution < 1.29 is 8.42 Å². The lowest BCUT2D eigenvalue weighted by Gasteiger charge is -2.11. The first-order chi connectivity index (χ1) is 6.62. The third kappa shape index (κ3) is 1.79. The normalized spacial score (nSPS) is 25.4. The topological polar surface area (TPSA) is 52.0 Å². The van der Waals surface area contributed by atoms with Gasteiger partial charge in [-0.15, -0.1) is 11.6 Å². The van der Waals surface area contributed by atoms with Gasteiger partial charge in [-0.05, 0) is 6.42 Å². The number of nitrogens with zero attached hydrogens (tertiary/aromatic N) is 2. The minimum atomic E-state index is -2.84. The molecule has 1 fully saturated rings. The van der Waals surface area contributed by atoms with Crippen molar-refractivity contribution >= 4 is 21.4 Å². The summed E-state index contributed by atoms with van der Waals surface area (Å²) in [6.45, 7) is 0. The second-order valence-electron chi connectivity index (χ2n) is 3.48. The van der Waals surface area contributed by atoms with Gasteiger partial charge >= 0.3 is 0 Å². The summed E-state index contributed by atoms with van der Waals surface area (Å²) in [5.41, 5.74) is 0.883. The van der Waals surface area contributed by atoms with Gasteiger partial charge in [-0.25, -0.2) is 13.4 Å². The maximum Gasteiger partial charge on any atom is 0.152 e. The lowest BCUT2D eigenvalue weighted by Crippen LogP contribution is -2.12. The Bertz CT molecular complexity index is 426. The van der Waals surface area contributed by atoms with Gasteiger partial charge in [0.2, 0.25) is 0 Å². The maximum atomic E-state index is 11.3. The molecule has 1 aliphatic rings. The van der Waals surface area contributed by atoms with E-state index in [1.807, 2.05) is 4.57 Å². The van der Waals surface area contributed by atoms with Crippen molar-refractivity contribution in [3.63, 3.8) is 0 Å². The molecule has 1 aromatic rings. The monoisotopic (exact) mass is 234 g/mol. The molecule has 1 aliphatic heterocycles. The average Bonchev–Trinajstić information content (AvgIpc) is 2.70. The zero-order valence-electron chi connectivity index (χ0n) is 7.56. The molecule has 78 valence electrons. The third-order valence-corrected chi connectivity index (χ3v) is 4.51. The van der Waals surface area contributed by atoms with Crippen LogP contribution in [0.3, 0.4) is 0 Å². The van der Waals surface area contributed by atoms with E-state index < -0.39 is 9.84 Å². The van der Waals surface area contributed by atoms with Gasteiger partial charge in [0.25, 0.3) is 0 Å². The SMILES string of the molecule is O=S1(=O)CCC(n2cncc2CCl)C1. The van der Waals surface area contributed by atoms with Crippen molar-refractivity contribution in [2.75, 3.05) is 11.5 Å². The second-order valence-corrected chi connectivity index (χ2v) is 5.98. The molecule has 1 unspecified atom stereocenters. The van der Waals surface area contributed by atoms with E-state index in [-0.39, 0.29) is 17.5 Å². The van der Waals surface area contributed by atoms with Gasteiger partial charge in [0.05, 0.1) is 29.4 Å². The van der Waals surface area contributed by atoms with E-state index in [0.717, 1.165) is 5.69 Å². The zero-order valence-corrected chi connectivity index (χ0v) is 9.13. The number of hydrogen-bond acceptors (Lipinski definition) is 3.